The number of rotatable bonds is 4. The number of aromatic amines is 1. The molecular formula is C16H17N3O2. The summed E-state index contributed by atoms with van der Waals surface area (Å²) in [6, 6.07) is 11.1. The number of fused-ring (bicyclic) bond motifs is 1. The van der Waals surface area contributed by atoms with Crippen molar-refractivity contribution in [2.75, 3.05) is 12.4 Å². The molecular weight excluding hydrogens is 266 g/mol. The largest absolute Gasteiger partial charge is 0.508 e. The van der Waals surface area contributed by atoms with Crippen LogP contribution < -0.4 is 10.1 Å². The molecule has 0 spiro atoms. The Bertz CT molecular complexity index is 767. The van der Waals surface area contributed by atoms with Gasteiger partial charge in [0.25, 0.3) is 0 Å². The van der Waals surface area contributed by atoms with Gasteiger partial charge in [-0.25, -0.2) is 0 Å². The monoisotopic (exact) mass is 283 g/mol. The van der Waals surface area contributed by atoms with E-state index in [2.05, 4.69) is 15.5 Å². The molecule has 0 saturated carbocycles. The minimum absolute atomic E-state index is 0.0689. The summed E-state index contributed by atoms with van der Waals surface area (Å²) in [6.45, 7) is 1.99. The summed E-state index contributed by atoms with van der Waals surface area (Å²) in [5, 5.41) is 21.5. The van der Waals surface area contributed by atoms with Gasteiger partial charge >= 0.3 is 0 Å². The standard InChI is InChI=1S/C16H17N3O2/c1-10(12-8-11(21-2)6-7-16(12)20)18-14-4-3-5-15-13(14)9-17-19-15/h3-10,18,20H,1-2H3,(H,17,19). The highest BCUT2D eigenvalue weighted by Crippen LogP contribution is 2.32. The first kappa shape index (κ1) is 13.3. The smallest absolute Gasteiger partial charge is 0.121 e. The molecule has 0 bridgehead atoms. The normalized spacial score (nSPS) is 12.3. The van der Waals surface area contributed by atoms with E-state index in [1.165, 1.54) is 0 Å². The van der Waals surface area contributed by atoms with E-state index in [0.29, 0.717) is 0 Å². The van der Waals surface area contributed by atoms with Gasteiger partial charge in [0, 0.05) is 16.6 Å². The van der Waals surface area contributed by atoms with Crippen molar-refractivity contribution < 1.29 is 9.84 Å². The minimum atomic E-state index is -0.0689. The summed E-state index contributed by atoms with van der Waals surface area (Å²) < 4.78 is 5.21. The molecule has 0 fully saturated rings. The number of phenolic OH excluding ortho intramolecular Hbond substituents is 1. The summed E-state index contributed by atoms with van der Waals surface area (Å²) in [4.78, 5) is 0. The van der Waals surface area contributed by atoms with Crippen LogP contribution >= 0.6 is 0 Å². The quantitative estimate of drug-likeness (QED) is 0.686. The van der Waals surface area contributed by atoms with E-state index < -0.39 is 0 Å². The van der Waals surface area contributed by atoms with Gasteiger partial charge in [0.05, 0.1) is 24.9 Å². The summed E-state index contributed by atoms with van der Waals surface area (Å²) in [5.74, 6) is 0.966. The van der Waals surface area contributed by atoms with Crippen molar-refractivity contribution in [3.8, 4) is 11.5 Å². The zero-order valence-corrected chi connectivity index (χ0v) is 11.9. The van der Waals surface area contributed by atoms with E-state index >= 15 is 0 Å². The van der Waals surface area contributed by atoms with Crippen LogP contribution in [0.3, 0.4) is 0 Å². The lowest BCUT2D eigenvalue weighted by atomic mass is 10.1. The molecule has 3 rings (SSSR count). The van der Waals surface area contributed by atoms with Gasteiger partial charge in [-0.3, -0.25) is 5.10 Å². The maximum absolute atomic E-state index is 10.0. The maximum Gasteiger partial charge on any atom is 0.121 e. The van der Waals surface area contributed by atoms with E-state index in [1.807, 2.05) is 31.2 Å². The number of anilines is 1. The Balaban J connectivity index is 1.93. The Morgan fingerprint density at radius 1 is 1.29 bits per heavy atom. The van der Waals surface area contributed by atoms with Crippen LogP contribution in [0, 0.1) is 0 Å². The molecule has 5 nitrogen and oxygen atoms in total. The molecule has 0 saturated heterocycles. The van der Waals surface area contributed by atoms with E-state index in [9.17, 15) is 5.11 Å². The van der Waals surface area contributed by atoms with Gasteiger partial charge in [0.15, 0.2) is 0 Å². The van der Waals surface area contributed by atoms with Gasteiger partial charge < -0.3 is 15.2 Å². The molecule has 21 heavy (non-hydrogen) atoms. The molecule has 108 valence electrons. The highest BCUT2D eigenvalue weighted by Gasteiger charge is 2.13. The van der Waals surface area contributed by atoms with Crippen molar-refractivity contribution in [3.05, 3.63) is 48.2 Å². The number of hydrogen-bond donors (Lipinski definition) is 3. The Hall–Kier alpha value is -2.69. The Kier molecular flexibility index (Phi) is 3.39. The van der Waals surface area contributed by atoms with Crippen LogP contribution in [0.1, 0.15) is 18.5 Å². The van der Waals surface area contributed by atoms with Crippen molar-refractivity contribution in [3.63, 3.8) is 0 Å². The van der Waals surface area contributed by atoms with Crippen molar-refractivity contribution in [2.24, 2.45) is 0 Å². The lowest BCUT2D eigenvalue weighted by molar-refractivity contribution is 0.410. The third-order valence-electron chi connectivity index (χ3n) is 3.56. The molecule has 0 aliphatic heterocycles. The van der Waals surface area contributed by atoms with Crippen LogP contribution in [0.5, 0.6) is 11.5 Å². The first-order chi connectivity index (χ1) is 10.2. The third-order valence-corrected chi connectivity index (χ3v) is 3.56. The molecule has 0 aliphatic rings. The number of aromatic hydroxyl groups is 1. The first-order valence-corrected chi connectivity index (χ1v) is 6.74. The van der Waals surface area contributed by atoms with Gasteiger partial charge in [-0.15, -0.1) is 0 Å². The Labute approximate surface area is 122 Å². The van der Waals surface area contributed by atoms with Crippen LogP contribution in [0.25, 0.3) is 10.9 Å². The van der Waals surface area contributed by atoms with Gasteiger partial charge in [0.2, 0.25) is 0 Å². The molecule has 5 heteroatoms. The van der Waals surface area contributed by atoms with Crippen LogP contribution in [0.2, 0.25) is 0 Å². The van der Waals surface area contributed by atoms with E-state index in [0.717, 1.165) is 27.9 Å². The number of phenols is 1. The molecule has 1 atom stereocenters. The predicted octanol–water partition coefficient (Wildman–Crippen LogP) is 3.45. The predicted molar refractivity (Wildman–Crippen MR) is 82.8 cm³/mol. The number of H-pyrrole nitrogens is 1. The summed E-state index contributed by atoms with van der Waals surface area (Å²) in [5.41, 5.74) is 2.73. The molecule has 0 amide bonds. The van der Waals surface area contributed by atoms with E-state index in [-0.39, 0.29) is 11.8 Å². The van der Waals surface area contributed by atoms with Gasteiger partial charge in [-0.1, -0.05) is 6.07 Å². The fraction of sp³-hybridized carbons (Fsp3) is 0.188. The van der Waals surface area contributed by atoms with Crippen LogP contribution in [0.15, 0.2) is 42.6 Å². The van der Waals surface area contributed by atoms with Gasteiger partial charge in [-0.2, -0.15) is 5.10 Å². The van der Waals surface area contributed by atoms with Crippen LogP contribution in [-0.4, -0.2) is 22.4 Å². The van der Waals surface area contributed by atoms with Crippen molar-refractivity contribution in [1.82, 2.24) is 10.2 Å². The number of nitrogens with one attached hydrogen (secondary N) is 2. The summed E-state index contributed by atoms with van der Waals surface area (Å²) in [6.07, 6.45) is 1.79. The number of methoxy groups -OCH3 is 1. The minimum Gasteiger partial charge on any atom is -0.508 e. The number of hydrogen-bond acceptors (Lipinski definition) is 4. The van der Waals surface area contributed by atoms with Gasteiger partial charge in [0.1, 0.15) is 11.5 Å². The van der Waals surface area contributed by atoms with E-state index in [4.69, 9.17) is 4.74 Å². The molecule has 0 radical (unpaired) electrons. The van der Waals surface area contributed by atoms with Gasteiger partial charge in [-0.05, 0) is 37.3 Å². The fourth-order valence-electron chi connectivity index (χ4n) is 2.41. The summed E-state index contributed by atoms with van der Waals surface area (Å²) >= 11 is 0. The second-order valence-electron chi connectivity index (χ2n) is 4.93. The third kappa shape index (κ3) is 2.50. The number of nitrogens with zero attached hydrogens (tertiary/aromatic N) is 1. The van der Waals surface area contributed by atoms with Crippen LogP contribution in [-0.2, 0) is 0 Å². The second kappa shape index (κ2) is 5.36. The highest BCUT2D eigenvalue weighted by molar-refractivity contribution is 5.91. The number of aromatic nitrogens is 2. The molecule has 3 N–H and O–H groups in total. The lowest BCUT2D eigenvalue weighted by Crippen LogP contribution is -2.07. The molecule has 1 unspecified atom stereocenters. The molecule has 1 aromatic heterocycles. The van der Waals surface area contributed by atoms with Crippen LogP contribution in [0.4, 0.5) is 5.69 Å². The molecule has 0 aliphatic carbocycles. The van der Waals surface area contributed by atoms with Crippen molar-refractivity contribution in [2.45, 2.75) is 13.0 Å². The second-order valence-corrected chi connectivity index (χ2v) is 4.93. The number of ether oxygens (including phenoxy) is 1. The van der Waals surface area contributed by atoms with Crippen molar-refractivity contribution in [1.29, 1.82) is 0 Å². The highest BCUT2D eigenvalue weighted by atomic mass is 16.5. The molecule has 1 heterocycles. The number of benzene rings is 2. The topological polar surface area (TPSA) is 70.2 Å². The molecule has 3 aromatic rings. The lowest BCUT2D eigenvalue weighted by Gasteiger charge is -2.18. The average Bonchev–Trinajstić information content (AvgIpc) is 2.97. The Morgan fingerprint density at radius 2 is 2.14 bits per heavy atom. The van der Waals surface area contributed by atoms with Crippen molar-refractivity contribution >= 4 is 16.6 Å². The zero-order chi connectivity index (χ0) is 14.8. The summed E-state index contributed by atoms with van der Waals surface area (Å²) in [7, 11) is 1.61. The first-order valence-electron chi connectivity index (χ1n) is 6.74. The molecule has 2 aromatic carbocycles. The zero-order valence-electron chi connectivity index (χ0n) is 11.9. The maximum atomic E-state index is 10.0. The fourth-order valence-corrected chi connectivity index (χ4v) is 2.41. The SMILES string of the molecule is COc1ccc(O)c(C(C)Nc2cccc3[nH]ncc23)c1. The Morgan fingerprint density at radius 3 is 2.95 bits per heavy atom. The van der Waals surface area contributed by atoms with E-state index in [1.54, 1.807) is 25.4 Å². The average molecular weight is 283 g/mol.